The zero-order valence-electron chi connectivity index (χ0n) is 13.3. The average molecular weight is 289 g/mol. The lowest BCUT2D eigenvalue weighted by atomic mass is 9.99. The number of nitrogens with zero attached hydrogens (tertiary/aromatic N) is 1. The number of rotatable bonds is 6. The highest BCUT2D eigenvalue weighted by molar-refractivity contribution is 5.85. The third-order valence-corrected chi connectivity index (χ3v) is 4.17. The van der Waals surface area contributed by atoms with Gasteiger partial charge in [0.15, 0.2) is 0 Å². The number of fused-ring (bicyclic) bond motifs is 1. The van der Waals surface area contributed by atoms with E-state index in [1.54, 1.807) is 0 Å². The van der Waals surface area contributed by atoms with Crippen LogP contribution in [0.2, 0.25) is 0 Å². The minimum atomic E-state index is 1.09. The maximum Gasteiger partial charge on any atom is 0.0712 e. The highest BCUT2D eigenvalue weighted by Crippen LogP contribution is 2.26. The lowest BCUT2D eigenvalue weighted by Crippen LogP contribution is -1.93. The van der Waals surface area contributed by atoms with E-state index in [0.717, 1.165) is 17.6 Å². The maximum atomic E-state index is 4.85. The number of aryl methyl sites for hydroxylation is 1. The number of pyridine rings is 1. The number of unbranched alkanes of at least 4 members (excludes halogenated alkanes) is 3. The van der Waals surface area contributed by atoms with E-state index < -0.39 is 0 Å². The molecule has 0 atom stereocenters. The Hall–Kier alpha value is -2.15. The van der Waals surface area contributed by atoms with Crippen LogP contribution in [0, 0.1) is 0 Å². The Bertz CT molecular complexity index is 731. The Labute approximate surface area is 133 Å². The topological polar surface area (TPSA) is 12.9 Å². The van der Waals surface area contributed by atoms with Crippen LogP contribution in [0.25, 0.3) is 22.2 Å². The second kappa shape index (κ2) is 7.22. The fourth-order valence-corrected chi connectivity index (χ4v) is 2.95. The highest BCUT2D eigenvalue weighted by Gasteiger charge is 2.07. The summed E-state index contributed by atoms with van der Waals surface area (Å²) in [6.45, 7) is 2.26. The Balaban J connectivity index is 1.97. The van der Waals surface area contributed by atoms with Crippen LogP contribution >= 0.6 is 0 Å². The second-order valence-corrected chi connectivity index (χ2v) is 5.86. The van der Waals surface area contributed by atoms with Gasteiger partial charge in [0.25, 0.3) is 0 Å². The molecule has 3 rings (SSSR count). The van der Waals surface area contributed by atoms with Crippen LogP contribution in [0.15, 0.2) is 60.7 Å². The number of hydrogen-bond acceptors (Lipinski definition) is 1. The van der Waals surface area contributed by atoms with Crippen LogP contribution < -0.4 is 0 Å². The normalized spacial score (nSPS) is 11.0. The minimum absolute atomic E-state index is 1.09. The van der Waals surface area contributed by atoms with Gasteiger partial charge in [-0.1, -0.05) is 74.7 Å². The second-order valence-electron chi connectivity index (χ2n) is 5.86. The third kappa shape index (κ3) is 3.36. The summed E-state index contributed by atoms with van der Waals surface area (Å²) in [5.41, 5.74) is 4.82. The van der Waals surface area contributed by atoms with Crippen molar-refractivity contribution in [2.24, 2.45) is 0 Å². The molecule has 1 aromatic heterocycles. The summed E-state index contributed by atoms with van der Waals surface area (Å²) in [5.74, 6) is 0. The van der Waals surface area contributed by atoms with Crippen LogP contribution in [-0.2, 0) is 6.42 Å². The lowest BCUT2D eigenvalue weighted by Gasteiger charge is -2.10. The zero-order valence-corrected chi connectivity index (χ0v) is 13.3. The molecule has 2 aromatic carbocycles. The highest BCUT2D eigenvalue weighted by atomic mass is 14.7. The van der Waals surface area contributed by atoms with Gasteiger partial charge >= 0.3 is 0 Å². The lowest BCUT2D eigenvalue weighted by molar-refractivity contribution is 0.668. The van der Waals surface area contributed by atoms with Gasteiger partial charge in [-0.05, 0) is 30.5 Å². The molecule has 0 amide bonds. The van der Waals surface area contributed by atoms with Crippen molar-refractivity contribution in [2.45, 2.75) is 39.0 Å². The van der Waals surface area contributed by atoms with Crippen molar-refractivity contribution in [3.63, 3.8) is 0 Å². The molecule has 0 fully saturated rings. The van der Waals surface area contributed by atoms with Crippen LogP contribution in [0.1, 0.15) is 38.2 Å². The molecule has 0 N–H and O–H groups in total. The summed E-state index contributed by atoms with van der Waals surface area (Å²) in [6.07, 6.45) is 6.33. The summed E-state index contributed by atoms with van der Waals surface area (Å²) < 4.78 is 0. The first kappa shape index (κ1) is 14.8. The van der Waals surface area contributed by atoms with Gasteiger partial charge in [0.05, 0.1) is 11.2 Å². The fourth-order valence-electron chi connectivity index (χ4n) is 2.95. The maximum absolute atomic E-state index is 4.85. The van der Waals surface area contributed by atoms with Gasteiger partial charge in [-0.25, -0.2) is 4.98 Å². The molecule has 1 heteroatoms. The Morgan fingerprint density at radius 2 is 1.59 bits per heavy atom. The van der Waals surface area contributed by atoms with Crippen LogP contribution in [-0.4, -0.2) is 4.98 Å². The molecule has 22 heavy (non-hydrogen) atoms. The molecule has 0 aliphatic carbocycles. The number of hydrogen-bond donors (Lipinski definition) is 0. The Morgan fingerprint density at radius 3 is 2.41 bits per heavy atom. The molecule has 112 valence electrons. The van der Waals surface area contributed by atoms with Gasteiger partial charge < -0.3 is 0 Å². The molecule has 0 radical (unpaired) electrons. The van der Waals surface area contributed by atoms with E-state index >= 15 is 0 Å². The van der Waals surface area contributed by atoms with Gasteiger partial charge in [0.2, 0.25) is 0 Å². The standard InChI is InChI=1S/C21H23N/c1-2-3-4-6-13-18-16-21(17-11-7-5-8-12-17)22-20-15-10-9-14-19(18)20/h5,7-12,14-16H,2-4,6,13H2,1H3. The number of benzene rings is 2. The predicted molar refractivity (Wildman–Crippen MR) is 95.0 cm³/mol. The summed E-state index contributed by atoms with van der Waals surface area (Å²) in [6, 6.07) is 21.3. The molecule has 0 aliphatic heterocycles. The Morgan fingerprint density at radius 1 is 0.818 bits per heavy atom. The van der Waals surface area contributed by atoms with Crippen molar-refractivity contribution >= 4 is 10.9 Å². The molecule has 0 saturated carbocycles. The van der Waals surface area contributed by atoms with Crippen LogP contribution in [0.3, 0.4) is 0 Å². The summed E-state index contributed by atoms with van der Waals surface area (Å²) in [7, 11) is 0. The molecule has 1 nitrogen and oxygen atoms in total. The van der Waals surface area contributed by atoms with Crippen molar-refractivity contribution < 1.29 is 0 Å². The third-order valence-electron chi connectivity index (χ3n) is 4.17. The smallest absolute Gasteiger partial charge is 0.0712 e. The van der Waals surface area contributed by atoms with Gasteiger partial charge in [0, 0.05) is 10.9 Å². The zero-order chi connectivity index (χ0) is 15.2. The van der Waals surface area contributed by atoms with Gasteiger partial charge in [-0.3, -0.25) is 0 Å². The van der Waals surface area contributed by atoms with E-state index in [0.29, 0.717) is 0 Å². The van der Waals surface area contributed by atoms with Crippen molar-refractivity contribution in [3.8, 4) is 11.3 Å². The molecule has 1 heterocycles. The van der Waals surface area contributed by atoms with E-state index in [1.807, 2.05) is 0 Å². The molecule has 0 spiro atoms. The van der Waals surface area contributed by atoms with E-state index in [4.69, 9.17) is 4.98 Å². The molecular formula is C21H23N. The van der Waals surface area contributed by atoms with Gasteiger partial charge in [-0.15, -0.1) is 0 Å². The van der Waals surface area contributed by atoms with E-state index in [9.17, 15) is 0 Å². The number of aromatic nitrogens is 1. The average Bonchev–Trinajstić information content (AvgIpc) is 2.59. The summed E-state index contributed by atoms with van der Waals surface area (Å²) in [5, 5.41) is 1.30. The minimum Gasteiger partial charge on any atom is -0.248 e. The van der Waals surface area contributed by atoms with Crippen LogP contribution in [0.4, 0.5) is 0 Å². The van der Waals surface area contributed by atoms with E-state index in [2.05, 4.69) is 67.6 Å². The fraction of sp³-hybridized carbons (Fsp3) is 0.286. The SMILES string of the molecule is CCCCCCc1cc(-c2ccccc2)nc2ccccc12. The summed E-state index contributed by atoms with van der Waals surface area (Å²) in [4.78, 5) is 4.85. The van der Waals surface area contributed by atoms with E-state index in [-0.39, 0.29) is 0 Å². The molecule has 0 bridgehead atoms. The largest absolute Gasteiger partial charge is 0.248 e. The van der Waals surface area contributed by atoms with Crippen molar-refractivity contribution in [1.29, 1.82) is 0 Å². The Kier molecular flexibility index (Phi) is 4.85. The molecule has 0 saturated heterocycles. The molecule has 0 unspecified atom stereocenters. The van der Waals surface area contributed by atoms with Crippen molar-refractivity contribution in [3.05, 3.63) is 66.2 Å². The van der Waals surface area contributed by atoms with Crippen LogP contribution in [0.5, 0.6) is 0 Å². The first-order valence-electron chi connectivity index (χ1n) is 8.32. The quantitative estimate of drug-likeness (QED) is 0.505. The molecular weight excluding hydrogens is 266 g/mol. The monoisotopic (exact) mass is 289 g/mol. The molecule has 0 aliphatic rings. The molecule has 3 aromatic rings. The first-order valence-corrected chi connectivity index (χ1v) is 8.32. The first-order chi connectivity index (χ1) is 10.9. The number of para-hydroxylation sites is 1. The van der Waals surface area contributed by atoms with Gasteiger partial charge in [-0.2, -0.15) is 0 Å². The van der Waals surface area contributed by atoms with Crippen molar-refractivity contribution in [1.82, 2.24) is 4.98 Å². The van der Waals surface area contributed by atoms with Crippen molar-refractivity contribution in [2.75, 3.05) is 0 Å². The van der Waals surface area contributed by atoms with E-state index in [1.165, 1.54) is 42.2 Å². The predicted octanol–water partition coefficient (Wildman–Crippen LogP) is 6.02. The summed E-state index contributed by atoms with van der Waals surface area (Å²) >= 11 is 0. The van der Waals surface area contributed by atoms with Gasteiger partial charge in [0.1, 0.15) is 0 Å².